The van der Waals surface area contributed by atoms with Crippen LogP contribution in [0, 0.1) is 12.8 Å². The molecule has 0 atom stereocenters. The van der Waals surface area contributed by atoms with Crippen LogP contribution in [0.2, 0.25) is 0 Å². The van der Waals surface area contributed by atoms with E-state index in [-0.39, 0.29) is 0 Å². The number of benzene rings is 2. The van der Waals surface area contributed by atoms with Gasteiger partial charge in [-0.2, -0.15) is 0 Å². The number of nitrogens with zero attached hydrogens (tertiary/aromatic N) is 2. The zero-order valence-corrected chi connectivity index (χ0v) is 21.1. The molecular weight excluding hydrogens is 424 g/mol. The number of nitrogens with one attached hydrogen (secondary N) is 2. The van der Waals surface area contributed by atoms with Crippen molar-refractivity contribution in [2.75, 3.05) is 45.1 Å². The lowest BCUT2D eigenvalue weighted by Gasteiger charge is -2.30. The summed E-state index contributed by atoms with van der Waals surface area (Å²) in [5.74, 6) is 3.46. The third-order valence-corrected chi connectivity index (χ3v) is 6.99. The number of ether oxygens (including phenoxy) is 2. The fourth-order valence-corrected chi connectivity index (χ4v) is 5.11. The predicted octanol–water partition coefficient (Wildman–Crippen LogP) is 5.39. The van der Waals surface area contributed by atoms with Crippen LogP contribution >= 0.6 is 0 Å². The normalized spacial score (nSPS) is 18.0. The Hall–Kier alpha value is -2.99. The first-order chi connectivity index (χ1) is 16.5. The largest absolute Gasteiger partial charge is 0.496 e. The van der Waals surface area contributed by atoms with Crippen LogP contribution in [0.3, 0.4) is 0 Å². The number of pyridine rings is 1. The summed E-state index contributed by atoms with van der Waals surface area (Å²) in [5.41, 5.74) is 4.47. The molecule has 1 aliphatic carbocycles. The molecular formula is C28H38N4O2. The molecule has 34 heavy (non-hydrogen) atoms. The van der Waals surface area contributed by atoms with Gasteiger partial charge in [0.2, 0.25) is 0 Å². The first kappa shape index (κ1) is 24.1. The van der Waals surface area contributed by atoms with Crippen LogP contribution in [-0.4, -0.2) is 45.9 Å². The fourth-order valence-electron chi connectivity index (χ4n) is 5.11. The van der Waals surface area contributed by atoms with Gasteiger partial charge in [-0.15, -0.1) is 0 Å². The minimum Gasteiger partial charge on any atom is -0.496 e. The molecule has 1 aliphatic rings. The first-order valence-corrected chi connectivity index (χ1v) is 12.2. The van der Waals surface area contributed by atoms with Gasteiger partial charge in [-0.3, -0.25) is 0 Å². The van der Waals surface area contributed by atoms with Crippen molar-refractivity contribution in [3.05, 3.63) is 53.6 Å². The number of hydrogen-bond acceptors (Lipinski definition) is 6. The quantitative estimate of drug-likeness (QED) is 0.445. The third-order valence-electron chi connectivity index (χ3n) is 6.99. The second-order valence-corrected chi connectivity index (χ2v) is 9.52. The van der Waals surface area contributed by atoms with Gasteiger partial charge in [-0.25, -0.2) is 4.98 Å². The SMILES string of the molecule is COc1ccc(CNC[C@H]2CC[C@@H](Nc3cc(N(C)C)c4ccccc4n3)CC2)c(OC)c1C. The summed E-state index contributed by atoms with van der Waals surface area (Å²) in [7, 11) is 7.60. The minimum atomic E-state index is 0.476. The molecule has 0 amide bonds. The standard InChI is InChI=1S/C28H38N4O2/c1-19-26(33-4)15-12-21(28(19)34-5)18-29-17-20-10-13-22(14-11-20)30-27-16-25(32(2)3)23-8-6-7-9-24(23)31-27/h6-9,12,15-16,20,22,29H,10-11,13-14,17-18H2,1-5H3,(H,30,31)/t20-,22+. The summed E-state index contributed by atoms with van der Waals surface area (Å²) in [5, 5.41) is 8.56. The summed E-state index contributed by atoms with van der Waals surface area (Å²) >= 11 is 0. The Balaban J connectivity index is 1.30. The number of rotatable bonds is 9. The number of aromatic nitrogens is 1. The summed E-state index contributed by atoms with van der Waals surface area (Å²) < 4.78 is 11.1. The second kappa shape index (κ2) is 11.0. The highest BCUT2D eigenvalue weighted by molar-refractivity contribution is 5.93. The molecule has 1 saturated carbocycles. The van der Waals surface area contributed by atoms with Crippen molar-refractivity contribution in [1.29, 1.82) is 0 Å². The Morgan fingerprint density at radius 2 is 1.76 bits per heavy atom. The van der Waals surface area contributed by atoms with Crippen LogP contribution in [0.5, 0.6) is 11.5 Å². The van der Waals surface area contributed by atoms with Crippen LogP contribution in [0.25, 0.3) is 10.9 Å². The van der Waals surface area contributed by atoms with Gasteiger partial charge in [0.05, 0.1) is 19.7 Å². The van der Waals surface area contributed by atoms with Crippen LogP contribution in [0.1, 0.15) is 36.8 Å². The predicted molar refractivity (Wildman–Crippen MR) is 141 cm³/mol. The molecule has 1 heterocycles. The van der Waals surface area contributed by atoms with Crippen molar-refractivity contribution in [3.8, 4) is 11.5 Å². The zero-order chi connectivity index (χ0) is 24.1. The van der Waals surface area contributed by atoms with Crippen LogP contribution < -0.4 is 25.0 Å². The molecule has 0 aliphatic heterocycles. The highest BCUT2D eigenvalue weighted by Crippen LogP contribution is 2.32. The molecule has 0 saturated heterocycles. The average molecular weight is 463 g/mol. The highest BCUT2D eigenvalue weighted by atomic mass is 16.5. The maximum Gasteiger partial charge on any atom is 0.129 e. The van der Waals surface area contributed by atoms with Crippen molar-refractivity contribution >= 4 is 22.4 Å². The Kier molecular flexibility index (Phi) is 7.78. The van der Waals surface area contributed by atoms with Gasteiger partial charge in [0.1, 0.15) is 17.3 Å². The van der Waals surface area contributed by atoms with Crippen molar-refractivity contribution in [2.45, 2.75) is 45.2 Å². The zero-order valence-electron chi connectivity index (χ0n) is 21.1. The number of hydrogen-bond donors (Lipinski definition) is 2. The number of anilines is 2. The third kappa shape index (κ3) is 5.39. The van der Waals surface area contributed by atoms with Crippen LogP contribution in [0.4, 0.5) is 11.5 Å². The van der Waals surface area contributed by atoms with Crippen molar-refractivity contribution in [2.24, 2.45) is 5.92 Å². The Morgan fingerprint density at radius 3 is 2.47 bits per heavy atom. The van der Waals surface area contributed by atoms with E-state index in [9.17, 15) is 0 Å². The van der Waals surface area contributed by atoms with E-state index in [0.29, 0.717) is 12.0 Å². The minimum absolute atomic E-state index is 0.476. The van der Waals surface area contributed by atoms with Gasteiger partial charge in [-0.05, 0) is 57.2 Å². The number of fused-ring (bicyclic) bond motifs is 1. The molecule has 1 fully saturated rings. The lowest BCUT2D eigenvalue weighted by atomic mass is 9.86. The molecule has 0 spiro atoms. The molecule has 2 N–H and O–H groups in total. The van der Waals surface area contributed by atoms with Gasteiger partial charge in [0.15, 0.2) is 0 Å². The van der Waals surface area contributed by atoms with Gasteiger partial charge < -0.3 is 25.0 Å². The van der Waals surface area contributed by atoms with Crippen LogP contribution in [0.15, 0.2) is 42.5 Å². The molecule has 4 rings (SSSR count). The second-order valence-electron chi connectivity index (χ2n) is 9.52. The van der Waals surface area contributed by atoms with E-state index in [0.717, 1.165) is 41.5 Å². The molecule has 0 bridgehead atoms. The smallest absolute Gasteiger partial charge is 0.129 e. The van der Waals surface area contributed by atoms with E-state index in [1.165, 1.54) is 42.3 Å². The summed E-state index contributed by atoms with van der Waals surface area (Å²) in [6, 6.07) is 15.1. The van der Waals surface area contributed by atoms with E-state index in [1.54, 1.807) is 14.2 Å². The Labute approximate surface area is 203 Å². The van der Waals surface area contributed by atoms with E-state index < -0.39 is 0 Å². The molecule has 0 radical (unpaired) electrons. The molecule has 1 aromatic heterocycles. The highest BCUT2D eigenvalue weighted by Gasteiger charge is 2.22. The maximum atomic E-state index is 5.64. The van der Waals surface area contributed by atoms with Gasteiger partial charge >= 0.3 is 0 Å². The topological polar surface area (TPSA) is 58.7 Å². The molecule has 182 valence electrons. The lowest BCUT2D eigenvalue weighted by Crippen LogP contribution is -2.31. The maximum absolute atomic E-state index is 5.64. The van der Waals surface area contributed by atoms with E-state index in [1.807, 2.05) is 13.0 Å². The molecule has 0 unspecified atom stereocenters. The van der Waals surface area contributed by atoms with E-state index in [4.69, 9.17) is 14.5 Å². The first-order valence-electron chi connectivity index (χ1n) is 12.2. The molecule has 6 nitrogen and oxygen atoms in total. The van der Waals surface area contributed by atoms with E-state index in [2.05, 4.69) is 66.0 Å². The van der Waals surface area contributed by atoms with Crippen molar-refractivity contribution < 1.29 is 9.47 Å². The monoisotopic (exact) mass is 462 g/mol. The van der Waals surface area contributed by atoms with Crippen molar-refractivity contribution in [3.63, 3.8) is 0 Å². The molecule has 6 heteroatoms. The van der Waals surface area contributed by atoms with Crippen molar-refractivity contribution in [1.82, 2.24) is 10.3 Å². The number of para-hydroxylation sites is 1. The summed E-state index contributed by atoms with van der Waals surface area (Å²) in [4.78, 5) is 7.04. The average Bonchev–Trinajstić information content (AvgIpc) is 2.85. The van der Waals surface area contributed by atoms with Gasteiger partial charge in [0.25, 0.3) is 0 Å². The van der Waals surface area contributed by atoms with Gasteiger partial charge in [-0.1, -0.05) is 24.3 Å². The van der Waals surface area contributed by atoms with E-state index >= 15 is 0 Å². The molecule has 2 aromatic carbocycles. The Morgan fingerprint density at radius 1 is 1.00 bits per heavy atom. The summed E-state index contributed by atoms with van der Waals surface area (Å²) in [6.45, 7) is 3.88. The summed E-state index contributed by atoms with van der Waals surface area (Å²) in [6.07, 6.45) is 4.78. The lowest BCUT2D eigenvalue weighted by molar-refractivity contribution is 0.323. The van der Waals surface area contributed by atoms with Crippen LogP contribution in [-0.2, 0) is 6.54 Å². The Bertz CT molecular complexity index is 1110. The van der Waals surface area contributed by atoms with Gasteiger partial charge in [0, 0.05) is 54.9 Å². The fraction of sp³-hybridized carbons (Fsp3) is 0.464. The number of methoxy groups -OCH3 is 2. The molecule has 3 aromatic rings.